The van der Waals surface area contributed by atoms with Crippen LogP contribution in [0.25, 0.3) is 0 Å². The van der Waals surface area contributed by atoms with Crippen molar-refractivity contribution in [2.24, 2.45) is 0 Å². The highest BCUT2D eigenvalue weighted by atomic mass is 16.5. The summed E-state index contributed by atoms with van der Waals surface area (Å²) in [5.41, 5.74) is 1.25. The van der Waals surface area contributed by atoms with E-state index in [0.717, 1.165) is 50.8 Å². The van der Waals surface area contributed by atoms with Gasteiger partial charge in [-0.2, -0.15) is 0 Å². The molecule has 4 heteroatoms. The van der Waals surface area contributed by atoms with Gasteiger partial charge in [0.25, 0.3) is 0 Å². The molecule has 0 spiro atoms. The number of ether oxygens (including phenoxy) is 2. The van der Waals surface area contributed by atoms with E-state index in [1.807, 2.05) is 6.07 Å². The van der Waals surface area contributed by atoms with Crippen molar-refractivity contribution >= 4 is 5.69 Å². The van der Waals surface area contributed by atoms with Crippen LogP contribution in [0, 0.1) is 0 Å². The number of benzene rings is 1. The van der Waals surface area contributed by atoms with Crippen molar-refractivity contribution < 1.29 is 9.47 Å². The zero-order valence-electron chi connectivity index (χ0n) is 12.2. The number of rotatable bonds is 4. The molecule has 1 aromatic carbocycles. The summed E-state index contributed by atoms with van der Waals surface area (Å²) in [6.07, 6.45) is 3.37. The number of hydrogen-bond acceptors (Lipinski definition) is 4. The van der Waals surface area contributed by atoms with Crippen LogP contribution in [-0.2, 0) is 0 Å². The summed E-state index contributed by atoms with van der Waals surface area (Å²) in [6.45, 7) is 7.01. The molecule has 1 N–H and O–H groups in total. The highest BCUT2D eigenvalue weighted by molar-refractivity contribution is 5.57. The zero-order chi connectivity index (χ0) is 13.8. The van der Waals surface area contributed by atoms with E-state index in [1.54, 1.807) is 0 Å². The van der Waals surface area contributed by atoms with Crippen LogP contribution in [0.3, 0.4) is 0 Å². The van der Waals surface area contributed by atoms with Crippen LogP contribution in [0.1, 0.15) is 26.2 Å². The van der Waals surface area contributed by atoms with E-state index in [9.17, 15) is 0 Å². The van der Waals surface area contributed by atoms with Crippen LogP contribution in [0.4, 0.5) is 5.69 Å². The average Bonchev–Trinajstić information content (AvgIpc) is 2.82. The number of fused-ring (bicyclic) bond motifs is 1. The Kier molecular flexibility index (Phi) is 4.31. The van der Waals surface area contributed by atoms with Crippen LogP contribution in [0.2, 0.25) is 0 Å². The zero-order valence-corrected chi connectivity index (χ0v) is 12.2. The van der Waals surface area contributed by atoms with Gasteiger partial charge in [-0.1, -0.05) is 6.92 Å². The lowest BCUT2D eigenvalue weighted by Crippen LogP contribution is -2.32. The van der Waals surface area contributed by atoms with Crippen molar-refractivity contribution in [2.75, 3.05) is 37.7 Å². The van der Waals surface area contributed by atoms with E-state index in [2.05, 4.69) is 29.3 Å². The van der Waals surface area contributed by atoms with E-state index < -0.39 is 0 Å². The third kappa shape index (κ3) is 3.01. The van der Waals surface area contributed by atoms with Crippen LogP contribution in [-0.4, -0.2) is 38.9 Å². The molecule has 0 saturated carbocycles. The largest absolute Gasteiger partial charge is 0.490 e. The van der Waals surface area contributed by atoms with Crippen molar-refractivity contribution in [3.8, 4) is 11.5 Å². The Morgan fingerprint density at radius 1 is 1.25 bits per heavy atom. The molecule has 0 bridgehead atoms. The molecule has 20 heavy (non-hydrogen) atoms. The normalized spacial score (nSPS) is 21.9. The molecule has 1 fully saturated rings. The maximum atomic E-state index is 5.77. The Labute approximate surface area is 121 Å². The Bertz CT molecular complexity index is 450. The van der Waals surface area contributed by atoms with Gasteiger partial charge in [0.2, 0.25) is 0 Å². The van der Waals surface area contributed by atoms with Crippen LogP contribution in [0.5, 0.6) is 11.5 Å². The van der Waals surface area contributed by atoms with E-state index in [-0.39, 0.29) is 0 Å². The van der Waals surface area contributed by atoms with Gasteiger partial charge in [0, 0.05) is 37.3 Å². The quantitative estimate of drug-likeness (QED) is 0.916. The lowest BCUT2D eigenvalue weighted by atomic mass is 10.2. The predicted octanol–water partition coefficient (Wildman–Crippen LogP) is 2.43. The fraction of sp³-hybridized carbons (Fsp3) is 0.625. The highest BCUT2D eigenvalue weighted by Crippen LogP contribution is 2.34. The van der Waals surface area contributed by atoms with E-state index >= 15 is 0 Å². The summed E-state index contributed by atoms with van der Waals surface area (Å²) in [4.78, 5) is 2.43. The fourth-order valence-corrected chi connectivity index (χ4v) is 2.86. The minimum Gasteiger partial charge on any atom is -0.490 e. The summed E-state index contributed by atoms with van der Waals surface area (Å²) < 4.78 is 11.5. The van der Waals surface area contributed by atoms with Crippen LogP contribution < -0.4 is 19.7 Å². The van der Waals surface area contributed by atoms with Crippen molar-refractivity contribution in [1.82, 2.24) is 5.32 Å². The van der Waals surface area contributed by atoms with Crippen molar-refractivity contribution in [1.29, 1.82) is 0 Å². The molecule has 2 aliphatic heterocycles. The summed E-state index contributed by atoms with van der Waals surface area (Å²) in [5.74, 6) is 1.77. The molecule has 4 nitrogen and oxygen atoms in total. The summed E-state index contributed by atoms with van der Waals surface area (Å²) in [5, 5.41) is 3.61. The molecule has 3 rings (SSSR count). The van der Waals surface area contributed by atoms with Gasteiger partial charge in [0.15, 0.2) is 11.5 Å². The summed E-state index contributed by atoms with van der Waals surface area (Å²) >= 11 is 0. The monoisotopic (exact) mass is 276 g/mol. The predicted molar refractivity (Wildman–Crippen MR) is 81.0 cm³/mol. The third-order valence-electron chi connectivity index (χ3n) is 3.97. The van der Waals surface area contributed by atoms with Gasteiger partial charge in [0.1, 0.15) is 0 Å². The topological polar surface area (TPSA) is 33.7 Å². The first-order chi connectivity index (χ1) is 9.86. The van der Waals surface area contributed by atoms with E-state index in [4.69, 9.17) is 9.47 Å². The van der Waals surface area contributed by atoms with E-state index in [1.165, 1.54) is 18.5 Å². The van der Waals surface area contributed by atoms with Gasteiger partial charge < -0.3 is 19.7 Å². The molecule has 0 radical (unpaired) electrons. The Morgan fingerprint density at radius 2 is 2.10 bits per heavy atom. The lowest BCUT2D eigenvalue weighted by Gasteiger charge is -2.20. The molecule has 2 heterocycles. The molecule has 0 aliphatic carbocycles. The maximum absolute atomic E-state index is 5.77. The van der Waals surface area contributed by atoms with Gasteiger partial charge in [-0.15, -0.1) is 0 Å². The Hall–Kier alpha value is -1.42. The van der Waals surface area contributed by atoms with Gasteiger partial charge in [-0.3, -0.25) is 0 Å². The first-order valence-corrected chi connectivity index (χ1v) is 7.75. The smallest absolute Gasteiger partial charge is 0.163 e. The van der Waals surface area contributed by atoms with Crippen LogP contribution >= 0.6 is 0 Å². The SMILES string of the molecule is CCCNC1CCN(c2ccc3c(c2)OCCCO3)C1. The second-order valence-corrected chi connectivity index (χ2v) is 5.57. The third-order valence-corrected chi connectivity index (χ3v) is 3.97. The molecule has 0 amide bonds. The van der Waals surface area contributed by atoms with Crippen LogP contribution in [0.15, 0.2) is 18.2 Å². The summed E-state index contributed by atoms with van der Waals surface area (Å²) in [6, 6.07) is 6.94. The van der Waals surface area contributed by atoms with Gasteiger partial charge in [-0.25, -0.2) is 0 Å². The molecule has 1 aromatic rings. The van der Waals surface area contributed by atoms with Crippen molar-refractivity contribution in [2.45, 2.75) is 32.2 Å². The van der Waals surface area contributed by atoms with E-state index in [0.29, 0.717) is 6.04 Å². The van der Waals surface area contributed by atoms with Crippen molar-refractivity contribution in [3.05, 3.63) is 18.2 Å². The molecule has 110 valence electrons. The molecule has 1 atom stereocenters. The lowest BCUT2D eigenvalue weighted by molar-refractivity contribution is 0.297. The molecule has 2 aliphatic rings. The molecule has 1 saturated heterocycles. The Morgan fingerprint density at radius 3 is 2.95 bits per heavy atom. The molecular formula is C16H24N2O2. The number of nitrogens with one attached hydrogen (secondary N) is 1. The molecular weight excluding hydrogens is 252 g/mol. The second kappa shape index (κ2) is 6.35. The highest BCUT2D eigenvalue weighted by Gasteiger charge is 2.23. The van der Waals surface area contributed by atoms with Crippen molar-refractivity contribution in [3.63, 3.8) is 0 Å². The number of nitrogens with zero attached hydrogens (tertiary/aromatic N) is 1. The Balaban J connectivity index is 1.67. The van der Waals surface area contributed by atoms with Gasteiger partial charge >= 0.3 is 0 Å². The molecule has 1 unspecified atom stereocenters. The standard InChI is InChI=1S/C16H24N2O2/c1-2-7-17-13-6-8-18(12-13)14-4-5-15-16(11-14)20-10-3-9-19-15/h4-5,11,13,17H,2-3,6-10,12H2,1H3. The first-order valence-electron chi connectivity index (χ1n) is 7.75. The average molecular weight is 276 g/mol. The first kappa shape index (κ1) is 13.6. The second-order valence-electron chi connectivity index (χ2n) is 5.57. The van der Waals surface area contributed by atoms with Gasteiger partial charge in [0.05, 0.1) is 13.2 Å². The number of hydrogen-bond donors (Lipinski definition) is 1. The number of anilines is 1. The minimum absolute atomic E-state index is 0.617. The fourth-order valence-electron chi connectivity index (χ4n) is 2.86. The van der Waals surface area contributed by atoms with Gasteiger partial charge in [-0.05, 0) is 31.5 Å². The molecule has 0 aromatic heterocycles. The summed E-state index contributed by atoms with van der Waals surface area (Å²) in [7, 11) is 0. The maximum Gasteiger partial charge on any atom is 0.163 e. The minimum atomic E-state index is 0.617.